The molecule has 2 aromatic carbocycles. The molecular weight excluding hydrogens is 316 g/mol. The van der Waals surface area contributed by atoms with E-state index in [1.807, 2.05) is 63.2 Å². The molecule has 3 rings (SSSR count). The third-order valence-corrected chi connectivity index (χ3v) is 4.19. The van der Waals surface area contributed by atoms with Crippen LogP contribution in [0.25, 0.3) is 5.69 Å². The van der Waals surface area contributed by atoms with E-state index in [1.165, 1.54) is 5.56 Å². The van der Waals surface area contributed by atoms with Gasteiger partial charge in [-0.1, -0.05) is 23.4 Å². The molecule has 1 aromatic heterocycles. The number of anilines is 1. The number of methoxy groups -OCH3 is 1. The number of hydrogen-bond donors (Lipinski definition) is 1. The first-order valence-corrected chi connectivity index (χ1v) is 7.95. The van der Waals surface area contributed by atoms with Gasteiger partial charge in [0.1, 0.15) is 11.4 Å². The Morgan fingerprint density at radius 2 is 1.84 bits per heavy atom. The van der Waals surface area contributed by atoms with Crippen LogP contribution in [0, 0.1) is 20.8 Å². The van der Waals surface area contributed by atoms with Gasteiger partial charge in [-0.15, -0.1) is 5.10 Å². The molecule has 6 nitrogen and oxygen atoms in total. The monoisotopic (exact) mass is 336 g/mol. The highest BCUT2D eigenvalue weighted by molar-refractivity contribution is 6.03. The summed E-state index contributed by atoms with van der Waals surface area (Å²) < 4.78 is 6.96. The molecule has 0 saturated carbocycles. The Morgan fingerprint density at radius 1 is 1.08 bits per heavy atom. The Morgan fingerprint density at radius 3 is 2.56 bits per heavy atom. The lowest BCUT2D eigenvalue weighted by Crippen LogP contribution is -2.14. The van der Waals surface area contributed by atoms with E-state index in [1.54, 1.807) is 11.8 Å². The lowest BCUT2D eigenvalue weighted by atomic mass is 10.1. The van der Waals surface area contributed by atoms with Crippen LogP contribution in [0.1, 0.15) is 27.3 Å². The fourth-order valence-corrected chi connectivity index (χ4v) is 2.58. The number of aryl methyl sites for hydroxylation is 2. The predicted octanol–water partition coefficient (Wildman–Crippen LogP) is 3.45. The van der Waals surface area contributed by atoms with Gasteiger partial charge in [-0.2, -0.15) is 0 Å². The van der Waals surface area contributed by atoms with Crippen molar-refractivity contribution in [2.45, 2.75) is 20.8 Å². The molecule has 0 atom stereocenters. The van der Waals surface area contributed by atoms with Crippen molar-refractivity contribution in [1.82, 2.24) is 15.0 Å². The smallest absolute Gasteiger partial charge is 0.278 e. The van der Waals surface area contributed by atoms with Crippen molar-refractivity contribution in [2.24, 2.45) is 0 Å². The zero-order valence-corrected chi connectivity index (χ0v) is 14.7. The summed E-state index contributed by atoms with van der Waals surface area (Å²) in [4.78, 5) is 12.6. The van der Waals surface area contributed by atoms with E-state index in [0.29, 0.717) is 11.4 Å². The molecule has 0 bridgehead atoms. The number of para-hydroxylation sites is 2. The largest absolute Gasteiger partial charge is 0.494 e. The summed E-state index contributed by atoms with van der Waals surface area (Å²) in [5.41, 5.74) is 4.69. The van der Waals surface area contributed by atoms with Gasteiger partial charge in [0, 0.05) is 5.69 Å². The van der Waals surface area contributed by atoms with Crippen molar-refractivity contribution < 1.29 is 9.53 Å². The third-order valence-electron chi connectivity index (χ3n) is 4.19. The van der Waals surface area contributed by atoms with Gasteiger partial charge in [-0.3, -0.25) is 4.79 Å². The number of amides is 1. The maximum Gasteiger partial charge on any atom is 0.278 e. The van der Waals surface area contributed by atoms with Crippen molar-refractivity contribution in [3.63, 3.8) is 0 Å². The van der Waals surface area contributed by atoms with Gasteiger partial charge in [0.25, 0.3) is 5.91 Å². The van der Waals surface area contributed by atoms with Crippen molar-refractivity contribution in [3.8, 4) is 11.4 Å². The summed E-state index contributed by atoms with van der Waals surface area (Å²) in [6.45, 7) is 5.85. The van der Waals surface area contributed by atoms with E-state index in [9.17, 15) is 4.79 Å². The summed E-state index contributed by atoms with van der Waals surface area (Å²) >= 11 is 0. The first-order chi connectivity index (χ1) is 12.0. The van der Waals surface area contributed by atoms with Crippen LogP contribution in [-0.4, -0.2) is 28.0 Å². The first-order valence-electron chi connectivity index (χ1n) is 7.95. The standard InChI is InChI=1S/C19H20N4O2/c1-12-9-10-15(11-13(12)2)20-19(24)18-14(3)23(22-21-18)16-7-5-6-8-17(16)25-4/h5-11H,1-4H3,(H,20,24). The van der Waals surface area contributed by atoms with Crippen LogP contribution in [0.5, 0.6) is 5.75 Å². The first kappa shape index (κ1) is 16.7. The van der Waals surface area contributed by atoms with Crippen LogP contribution in [0.3, 0.4) is 0 Å². The molecule has 25 heavy (non-hydrogen) atoms. The Bertz CT molecular complexity index is 931. The molecule has 1 amide bonds. The van der Waals surface area contributed by atoms with E-state index >= 15 is 0 Å². The number of ether oxygens (including phenoxy) is 1. The number of carbonyl (C=O) groups is 1. The quantitative estimate of drug-likeness (QED) is 0.792. The Hall–Kier alpha value is -3.15. The highest BCUT2D eigenvalue weighted by atomic mass is 16.5. The Balaban J connectivity index is 1.90. The molecular formula is C19H20N4O2. The Labute approximate surface area is 146 Å². The number of benzene rings is 2. The minimum Gasteiger partial charge on any atom is -0.494 e. The molecule has 0 aliphatic carbocycles. The molecule has 0 spiro atoms. The highest BCUT2D eigenvalue weighted by Crippen LogP contribution is 2.23. The van der Waals surface area contributed by atoms with Gasteiger partial charge in [0.15, 0.2) is 5.69 Å². The molecule has 0 aliphatic rings. The summed E-state index contributed by atoms with van der Waals surface area (Å²) in [7, 11) is 1.60. The third kappa shape index (κ3) is 3.24. The normalized spacial score (nSPS) is 10.6. The van der Waals surface area contributed by atoms with Crippen molar-refractivity contribution in [2.75, 3.05) is 12.4 Å². The summed E-state index contributed by atoms with van der Waals surface area (Å²) in [5, 5.41) is 11.0. The minimum absolute atomic E-state index is 0.282. The predicted molar refractivity (Wildman–Crippen MR) is 96.5 cm³/mol. The van der Waals surface area contributed by atoms with Crippen molar-refractivity contribution >= 4 is 11.6 Å². The van der Waals surface area contributed by atoms with Crippen LogP contribution in [-0.2, 0) is 0 Å². The summed E-state index contributed by atoms with van der Waals surface area (Å²) in [6.07, 6.45) is 0. The second-order valence-electron chi connectivity index (χ2n) is 5.86. The van der Waals surface area contributed by atoms with Gasteiger partial charge < -0.3 is 10.1 Å². The van der Waals surface area contributed by atoms with Gasteiger partial charge in [0.2, 0.25) is 0 Å². The maximum atomic E-state index is 12.6. The molecule has 1 N–H and O–H groups in total. The van der Waals surface area contributed by atoms with Crippen LogP contribution in [0.4, 0.5) is 5.69 Å². The molecule has 128 valence electrons. The second kappa shape index (κ2) is 6.76. The molecule has 3 aromatic rings. The number of hydrogen-bond acceptors (Lipinski definition) is 4. The molecule has 0 aliphatic heterocycles. The van der Waals surface area contributed by atoms with Crippen LogP contribution >= 0.6 is 0 Å². The zero-order chi connectivity index (χ0) is 18.0. The number of nitrogens with one attached hydrogen (secondary N) is 1. The van der Waals surface area contributed by atoms with Gasteiger partial charge in [-0.25, -0.2) is 4.68 Å². The summed E-state index contributed by atoms with van der Waals surface area (Å²) in [6, 6.07) is 13.3. The van der Waals surface area contributed by atoms with Crippen LogP contribution < -0.4 is 10.1 Å². The fourth-order valence-electron chi connectivity index (χ4n) is 2.58. The second-order valence-corrected chi connectivity index (χ2v) is 5.86. The number of aromatic nitrogens is 3. The molecule has 0 radical (unpaired) electrons. The molecule has 0 unspecified atom stereocenters. The maximum absolute atomic E-state index is 12.6. The SMILES string of the molecule is COc1ccccc1-n1nnc(C(=O)Nc2ccc(C)c(C)c2)c1C. The average molecular weight is 336 g/mol. The Kier molecular flexibility index (Phi) is 4.52. The van der Waals surface area contributed by atoms with E-state index in [-0.39, 0.29) is 11.6 Å². The topological polar surface area (TPSA) is 69.0 Å². The van der Waals surface area contributed by atoms with Gasteiger partial charge in [0.05, 0.1) is 12.8 Å². The number of carbonyl (C=O) groups excluding carboxylic acids is 1. The van der Waals surface area contributed by atoms with E-state index in [2.05, 4.69) is 15.6 Å². The average Bonchev–Trinajstić information content (AvgIpc) is 2.99. The van der Waals surface area contributed by atoms with Crippen molar-refractivity contribution in [3.05, 3.63) is 65.0 Å². The van der Waals surface area contributed by atoms with Gasteiger partial charge in [-0.05, 0) is 56.2 Å². The molecule has 1 heterocycles. The number of rotatable bonds is 4. The van der Waals surface area contributed by atoms with Gasteiger partial charge >= 0.3 is 0 Å². The summed E-state index contributed by atoms with van der Waals surface area (Å²) in [5.74, 6) is 0.374. The lowest BCUT2D eigenvalue weighted by molar-refractivity contribution is 0.102. The zero-order valence-electron chi connectivity index (χ0n) is 14.7. The molecule has 6 heteroatoms. The van der Waals surface area contributed by atoms with E-state index in [4.69, 9.17) is 4.74 Å². The van der Waals surface area contributed by atoms with Crippen LogP contribution in [0.15, 0.2) is 42.5 Å². The molecule has 0 saturated heterocycles. The highest BCUT2D eigenvalue weighted by Gasteiger charge is 2.19. The van der Waals surface area contributed by atoms with Crippen LogP contribution in [0.2, 0.25) is 0 Å². The minimum atomic E-state index is -0.290. The lowest BCUT2D eigenvalue weighted by Gasteiger charge is -2.09. The van der Waals surface area contributed by atoms with Crippen molar-refractivity contribution in [1.29, 1.82) is 0 Å². The fraction of sp³-hybridized carbons (Fsp3) is 0.211. The van der Waals surface area contributed by atoms with E-state index < -0.39 is 0 Å². The molecule has 0 fully saturated rings. The number of nitrogens with zero attached hydrogens (tertiary/aromatic N) is 3. The van der Waals surface area contributed by atoms with E-state index in [0.717, 1.165) is 16.9 Å².